The predicted octanol–water partition coefficient (Wildman–Crippen LogP) is 2.34. The Morgan fingerprint density at radius 1 is 1.64 bits per heavy atom. The highest BCUT2D eigenvalue weighted by Crippen LogP contribution is 2.24. The van der Waals surface area contributed by atoms with Crippen LogP contribution < -0.4 is 5.32 Å². The van der Waals surface area contributed by atoms with Crippen LogP contribution in [0.4, 0.5) is 0 Å². The van der Waals surface area contributed by atoms with E-state index in [1.54, 1.807) is 5.57 Å². The molecule has 1 heteroatoms. The van der Waals surface area contributed by atoms with Gasteiger partial charge in [0.15, 0.2) is 0 Å². The molecule has 11 heavy (non-hydrogen) atoms. The Kier molecular flexibility index (Phi) is 3.64. The zero-order chi connectivity index (χ0) is 8.10. The molecule has 0 spiro atoms. The van der Waals surface area contributed by atoms with Crippen molar-refractivity contribution in [1.82, 2.24) is 5.32 Å². The fourth-order valence-electron chi connectivity index (χ4n) is 1.53. The average molecular weight is 153 g/mol. The summed E-state index contributed by atoms with van der Waals surface area (Å²) in [4.78, 5) is 0. The van der Waals surface area contributed by atoms with E-state index in [1.807, 2.05) is 7.05 Å². The summed E-state index contributed by atoms with van der Waals surface area (Å²) in [6.45, 7) is 3.48. The highest BCUT2D eigenvalue weighted by Gasteiger charge is 2.08. The lowest BCUT2D eigenvalue weighted by atomic mass is 9.90. The third-order valence-corrected chi connectivity index (χ3v) is 2.46. The molecule has 1 aliphatic rings. The number of rotatable bonds is 3. The maximum atomic E-state index is 3.19. The van der Waals surface area contributed by atoms with E-state index >= 15 is 0 Å². The van der Waals surface area contributed by atoms with Crippen molar-refractivity contribution in [2.75, 3.05) is 13.6 Å². The van der Waals surface area contributed by atoms with Crippen LogP contribution in [-0.2, 0) is 0 Å². The van der Waals surface area contributed by atoms with Gasteiger partial charge in [-0.1, -0.05) is 18.6 Å². The van der Waals surface area contributed by atoms with Crippen molar-refractivity contribution in [3.63, 3.8) is 0 Å². The summed E-state index contributed by atoms with van der Waals surface area (Å²) < 4.78 is 0. The zero-order valence-corrected chi connectivity index (χ0v) is 7.69. The van der Waals surface area contributed by atoms with E-state index in [4.69, 9.17) is 0 Å². The van der Waals surface area contributed by atoms with Gasteiger partial charge in [-0.05, 0) is 45.2 Å². The predicted molar refractivity (Wildman–Crippen MR) is 49.6 cm³/mol. The van der Waals surface area contributed by atoms with E-state index in [1.165, 1.54) is 25.7 Å². The molecule has 0 radical (unpaired) electrons. The fourth-order valence-corrected chi connectivity index (χ4v) is 1.53. The SMILES string of the molecule is CNCCC1=CCC(C)CC1. The minimum absolute atomic E-state index is 0.924. The minimum Gasteiger partial charge on any atom is -0.319 e. The molecule has 0 aliphatic heterocycles. The standard InChI is InChI=1S/C10H19N/c1-9-3-5-10(6-4-9)7-8-11-2/h5,9,11H,3-4,6-8H2,1-2H3. The maximum absolute atomic E-state index is 3.19. The van der Waals surface area contributed by atoms with Crippen molar-refractivity contribution in [3.05, 3.63) is 11.6 Å². The van der Waals surface area contributed by atoms with Crippen LogP contribution in [0.2, 0.25) is 0 Å². The summed E-state index contributed by atoms with van der Waals surface area (Å²) in [6.07, 6.45) is 7.73. The van der Waals surface area contributed by atoms with Crippen molar-refractivity contribution in [2.24, 2.45) is 5.92 Å². The first-order valence-electron chi connectivity index (χ1n) is 4.65. The molecule has 64 valence electrons. The molecule has 1 rings (SSSR count). The van der Waals surface area contributed by atoms with Crippen molar-refractivity contribution in [3.8, 4) is 0 Å². The van der Waals surface area contributed by atoms with Gasteiger partial charge in [0.1, 0.15) is 0 Å². The first-order chi connectivity index (χ1) is 5.33. The molecule has 0 amide bonds. The van der Waals surface area contributed by atoms with Crippen LogP contribution in [-0.4, -0.2) is 13.6 Å². The Labute approximate surface area is 69.9 Å². The quantitative estimate of drug-likeness (QED) is 0.614. The van der Waals surface area contributed by atoms with Crippen LogP contribution in [0, 0.1) is 5.92 Å². The summed E-state index contributed by atoms with van der Waals surface area (Å²) in [7, 11) is 2.02. The highest BCUT2D eigenvalue weighted by atomic mass is 14.8. The second-order valence-electron chi connectivity index (χ2n) is 3.60. The Morgan fingerprint density at radius 3 is 3.00 bits per heavy atom. The van der Waals surface area contributed by atoms with Crippen LogP contribution in [0.15, 0.2) is 11.6 Å². The summed E-state index contributed by atoms with van der Waals surface area (Å²) in [5, 5.41) is 3.19. The monoisotopic (exact) mass is 153 g/mol. The highest BCUT2D eigenvalue weighted by molar-refractivity contribution is 5.06. The van der Waals surface area contributed by atoms with E-state index in [0.717, 1.165) is 12.5 Å². The first-order valence-corrected chi connectivity index (χ1v) is 4.65. The molecule has 0 saturated heterocycles. The molecular formula is C10H19N. The van der Waals surface area contributed by atoms with Crippen molar-refractivity contribution in [1.29, 1.82) is 0 Å². The summed E-state index contributed by atoms with van der Waals surface area (Å²) in [5.41, 5.74) is 1.66. The molecule has 0 aromatic carbocycles. The summed E-state index contributed by atoms with van der Waals surface area (Å²) in [6, 6.07) is 0. The number of nitrogens with one attached hydrogen (secondary N) is 1. The lowest BCUT2D eigenvalue weighted by molar-refractivity contribution is 0.504. The van der Waals surface area contributed by atoms with Gasteiger partial charge in [-0.2, -0.15) is 0 Å². The van der Waals surface area contributed by atoms with Gasteiger partial charge in [-0.3, -0.25) is 0 Å². The van der Waals surface area contributed by atoms with Gasteiger partial charge in [-0.25, -0.2) is 0 Å². The molecule has 1 nitrogen and oxygen atoms in total. The molecular weight excluding hydrogens is 134 g/mol. The molecule has 0 aromatic heterocycles. The molecule has 1 aliphatic carbocycles. The van der Waals surface area contributed by atoms with Gasteiger partial charge >= 0.3 is 0 Å². The van der Waals surface area contributed by atoms with Gasteiger partial charge in [0.25, 0.3) is 0 Å². The number of hydrogen-bond donors (Lipinski definition) is 1. The Morgan fingerprint density at radius 2 is 2.45 bits per heavy atom. The Bertz CT molecular complexity index is 138. The zero-order valence-electron chi connectivity index (χ0n) is 7.69. The van der Waals surface area contributed by atoms with E-state index in [9.17, 15) is 0 Å². The first kappa shape index (κ1) is 8.79. The fraction of sp³-hybridized carbons (Fsp3) is 0.800. The minimum atomic E-state index is 0.924. The van der Waals surface area contributed by atoms with E-state index in [-0.39, 0.29) is 0 Å². The largest absolute Gasteiger partial charge is 0.319 e. The Hall–Kier alpha value is -0.300. The van der Waals surface area contributed by atoms with Crippen LogP contribution in [0.25, 0.3) is 0 Å². The van der Waals surface area contributed by atoms with Crippen LogP contribution in [0.3, 0.4) is 0 Å². The van der Waals surface area contributed by atoms with E-state index in [2.05, 4.69) is 18.3 Å². The topological polar surface area (TPSA) is 12.0 Å². The number of hydrogen-bond acceptors (Lipinski definition) is 1. The van der Waals surface area contributed by atoms with Gasteiger partial charge in [0.05, 0.1) is 0 Å². The molecule has 0 bridgehead atoms. The summed E-state index contributed by atoms with van der Waals surface area (Å²) in [5.74, 6) is 0.924. The Balaban J connectivity index is 2.24. The van der Waals surface area contributed by atoms with Gasteiger partial charge in [0, 0.05) is 0 Å². The van der Waals surface area contributed by atoms with Crippen molar-refractivity contribution in [2.45, 2.75) is 32.6 Å². The second kappa shape index (κ2) is 4.55. The van der Waals surface area contributed by atoms with Crippen LogP contribution in [0.5, 0.6) is 0 Å². The van der Waals surface area contributed by atoms with E-state index in [0.29, 0.717) is 0 Å². The molecule has 1 atom stereocenters. The van der Waals surface area contributed by atoms with Gasteiger partial charge < -0.3 is 5.32 Å². The van der Waals surface area contributed by atoms with Crippen LogP contribution in [0.1, 0.15) is 32.6 Å². The van der Waals surface area contributed by atoms with Gasteiger partial charge in [-0.15, -0.1) is 0 Å². The molecule has 1 N–H and O–H groups in total. The normalized spacial score (nSPS) is 24.9. The lowest BCUT2D eigenvalue weighted by Gasteiger charge is -2.17. The lowest BCUT2D eigenvalue weighted by Crippen LogP contribution is -2.10. The number of allylic oxidation sites excluding steroid dienone is 1. The molecule has 1 unspecified atom stereocenters. The van der Waals surface area contributed by atoms with Gasteiger partial charge in [0.2, 0.25) is 0 Å². The third-order valence-electron chi connectivity index (χ3n) is 2.46. The average Bonchev–Trinajstić information content (AvgIpc) is 2.04. The molecule has 0 saturated carbocycles. The smallest absolute Gasteiger partial charge is 0.00146 e. The summed E-state index contributed by atoms with van der Waals surface area (Å²) >= 11 is 0. The third kappa shape index (κ3) is 3.06. The molecule has 0 fully saturated rings. The molecule has 0 aromatic rings. The van der Waals surface area contributed by atoms with Crippen LogP contribution >= 0.6 is 0 Å². The maximum Gasteiger partial charge on any atom is -0.00146 e. The second-order valence-corrected chi connectivity index (χ2v) is 3.60. The van der Waals surface area contributed by atoms with E-state index < -0.39 is 0 Å². The molecule has 0 heterocycles. The van der Waals surface area contributed by atoms with Crippen molar-refractivity contribution < 1.29 is 0 Å². The van der Waals surface area contributed by atoms with Crippen molar-refractivity contribution >= 4 is 0 Å².